The van der Waals surface area contributed by atoms with Crippen molar-refractivity contribution >= 4 is 23.5 Å². The summed E-state index contributed by atoms with van der Waals surface area (Å²) < 4.78 is 0. The highest BCUT2D eigenvalue weighted by molar-refractivity contribution is 6.31. The number of nitrogens with one attached hydrogen (secondary N) is 1. The second kappa shape index (κ2) is 5.42. The number of halogens is 1. The Hall–Kier alpha value is -2.40. The van der Waals surface area contributed by atoms with Crippen LogP contribution < -0.4 is 5.32 Å². The molecule has 1 aliphatic heterocycles. The molecule has 1 unspecified atom stereocenters. The zero-order chi connectivity index (χ0) is 15.7. The summed E-state index contributed by atoms with van der Waals surface area (Å²) in [7, 11) is 0. The molecule has 1 aromatic carbocycles. The minimum absolute atomic E-state index is 0.132. The third kappa shape index (κ3) is 2.33. The average molecular weight is 316 g/mol. The van der Waals surface area contributed by atoms with Crippen LogP contribution in [0.3, 0.4) is 0 Å². The molecule has 3 rings (SSSR count). The monoisotopic (exact) mass is 315 g/mol. The van der Waals surface area contributed by atoms with Crippen LogP contribution in [-0.4, -0.2) is 21.8 Å². The van der Waals surface area contributed by atoms with Crippen LogP contribution in [0.25, 0.3) is 0 Å². The van der Waals surface area contributed by atoms with Crippen molar-refractivity contribution in [2.24, 2.45) is 0 Å². The predicted molar refractivity (Wildman–Crippen MR) is 82.1 cm³/mol. The van der Waals surface area contributed by atoms with E-state index in [-0.39, 0.29) is 12.5 Å². The number of hydrogen-bond donors (Lipinski definition) is 1. The molecule has 3 amide bonds. The second-order valence-corrected chi connectivity index (χ2v) is 5.66. The van der Waals surface area contributed by atoms with Gasteiger partial charge in [0.15, 0.2) is 5.54 Å². The summed E-state index contributed by atoms with van der Waals surface area (Å²) in [5.74, 6) is -0.337. The van der Waals surface area contributed by atoms with Gasteiger partial charge in [-0.3, -0.25) is 14.7 Å². The Balaban J connectivity index is 1.91. The Bertz CT molecular complexity index is 735. The van der Waals surface area contributed by atoms with Gasteiger partial charge in [-0.2, -0.15) is 0 Å². The first kappa shape index (κ1) is 14.5. The van der Waals surface area contributed by atoms with Gasteiger partial charge >= 0.3 is 6.03 Å². The van der Waals surface area contributed by atoms with Crippen LogP contribution in [0.2, 0.25) is 5.02 Å². The lowest BCUT2D eigenvalue weighted by Crippen LogP contribution is -2.41. The van der Waals surface area contributed by atoms with Gasteiger partial charge in [0.05, 0.1) is 12.2 Å². The summed E-state index contributed by atoms with van der Waals surface area (Å²) >= 11 is 6.10. The molecule has 0 aliphatic carbocycles. The van der Waals surface area contributed by atoms with Crippen LogP contribution in [0.15, 0.2) is 48.7 Å². The molecule has 0 saturated carbocycles. The van der Waals surface area contributed by atoms with E-state index in [1.54, 1.807) is 49.5 Å². The average Bonchev–Trinajstić information content (AvgIpc) is 2.75. The van der Waals surface area contributed by atoms with Crippen molar-refractivity contribution in [1.29, 1.82) is 0 Å². The molecule has 1 saturated heterocycles. The van der Waals surface area contributed by atoms with Crippen LogP contribution >= 0.6 is 11.6 Å². The molecule has 112 valence electrons. The third-order valence-electron chi connectivity index (χ3n) is 3.74. The highest BCUT2D eigenvalue weighted by atomic mass is 35.5. The van der Waals surface area contributed by atoms with Gasteiger partial charge in [-0.15, -0.1) is 0 Å². The SMILES string of the molecule is CC1(c2ccccn2)NC(=O)N(Cc2ccccc2Cl)C1=O. The Kier molecular flexibility index (Phi) is 3.58. The minimum Gasteiger partial charge on any atom is -0.318 e. The summed E-state index contributed by atoms with van der Waals surface area (Å²) in [4.78, 5) is 30.3. The molecule has 22 heavy (non-hydrogen) atoms. The summed E-state index contributed by atoms with van der Waals surface area (Å²) in [5, 5.41) is 3.24. The zero-order valence-electron chi connectivity index (χ0n) is 11.9. The minimum atomic E-state index is -1.15. The molecule has 1 aliphatic rings. The smallest absolute Gasteiger partial charge is 0.318 e. The van der Waals surface area contributed by atoms with Gasteiger partial charge in [-0.05, 0) is 30.7 Å². The van der Waals surface area contributed by atoms with E-state index >= 15 is 0 Å². The number of amides is 3. The number of benzene rings is 1. The van der Waals surface area contributed by atoms with E-state index in [4.69, 9.17) is 11.6 Å². The summed E-state index contributed by atoms with van der Waals surface area (Å²) in [5.41, 5.74) is 0.0764. The first-order valence-electron chi connectivity index (χ1n) is 6.81. The molecule has 0 spiro atoms. The van der Waals surface area contributed by atoms with Gasteiger partial charge < -0.3 is 5.32 Å². The van der Waals surface area contributed by atoms with Gasteiger partial charge in [-0.25, -0.2) is 4.79 Å². The number of carbonyl (C=O) groups is 2. The number of rotatable bonds is 3. The van der Waals surface area contributed by atoms with Crippen molar-refractivity contribution in [2.45, 2.75) is 19.0 Å². The lowest BCUT2D eigenvalue weighted by molar-refractivity contribution is -0.131. The number of aromatic nitrogens is 1. The molecular formula is C16H14ClN3O2. The van der Waals surface area contributed by atoms with E-state index in [1.807, 2.05) is 6.07 Å². The molecule has 1 N–H and O–H groups in total. The quantitative estimate of drug-likeness (QED) is 0.886. The first-order chi connectivity index (χ1) is 10.5. The number of imide groups is 1. The lowest BCUT2D eigenvalue weighted by atomic mass is 9.97. The summed E-state index contributed by atoms with van der Waals surface area (Å²) in [6.07, 6.45) is 1.59. The molecule has 2 aromatic rings. The largest absolute Gasteiger partial charge is 0.325 e. The molecule has 1 atom stereocenters. The van der Waals surface area contributed by atoms with Crippen molar-refractivity contribution in [3.63, 3.8) is 0 Å². The molecular weight excluding hydrogens is 302 g/mol. The maximum Gasteiger partial charge on any atom is 0.325 e. The Morgan fingerprint density at radius 3 is 2.59 bits per heavy atom. The van der Waals surface area contributed by atoms with Crippen LogP contribution in [0.1, 0.15) is 18.2 Å². The van der Waals surface area contributed by atoms with Crippen LogP contribution in [0, 0.1) is 0 Å². The summed E-state index contributed by atoms with van der Waals surface area (Å²) in [6.45, 7) is 1.79. The van der Waals surface area contributed by atoms with E-state index in [1.165, 1.54) is 0 Å². The van der Waals surface area contributed by atoms with Gasteiger partial charge in [0.25, 0.3) is 5.91 Å². The maximum absolute atomic E-state index is 12.7. The molecule has 2 heterocycles. The fourth-order valence-corrected chi connectivity index (χ4v) is 2.67. The number of carbonyl (C=O) groups excluding carboxylic acids is 2. The normalized spacial score (nSPS) is 21.1. The number of urea groups is 1. The molecule has 0 bridgehead atoms. The highest BCUT2D eigenvalue weighted by Crippen LogP contribution is 2.29. The van der Waals surface area contributed by atoms with Crippen molar-refractivity contribution in [2.75, 3.05) is 0 Å². The van der Waals surface area contributed by atoms with Crippen LogP contribution in [0.5, 0.6) is 0 Å². The fraction of sp³-hybridized carbons (Fsp3) is 0.188. The molecule has 0 radical (unpaired) electrons. The van der Waals surface area contributed by atoms with E-state index in [0.717, 1.165) is 10.5 Å². The Labute approximate surface area is 132 Å². The van der Waals surface area contributed by atoms with Gasteiger partial charge in [-0.1, -0.05) is 35.9 Å². The lowest BCUT2D eigenvalue weighted by Gasteiger charge is -2.21. The standard InChI is InChI=1S/C16H14ClN3O2/c1-16(13-8-4-5-9-18-13)14(21)20(15(22)19-16)10-11-6-2-3-7-12(11)17/h2-9H,10H2,1H3,(H,19,22). The fourth-order valence-electron chi connectivity index (χ4n) is 2.47. The van der Waals surface area contributed by atoms with E-state index < -0.39 is 11.6 Å². The Morgan fingerprint density at radius 2 is 1.91 bits per heavy atom. The number of pyridine rings is 1. The van der Waals surface area contributed by atoms with Crippen molar-refractivity contribution in [1.82, 2.24) is 15.2 Å². The van der Waals surface area contributed by atoms with E-state index in [0.29, 0.717) is 10.7 Å². The van der Waals surface area contributed by atoms with Crippen molar-refractivity contribution in [3.8, 4) is 0 Å². The van der Waals surface area contributed by atoms with Crippen molar-refractivity contribution < 1.29 is 9.59 Å². The van der Waals surface area contributed by atoms with E-state index in [2.05, 4.69) is 10.3 Å². The molecule has 1 aromatic heterocycles. The van der Waals surface area contributed by atoms with Crippen LogP contribution in [0.4, 0.5) is 4.79 Å². The number of hydrogen-bond acceptors (Lipinski definition) is 3. The van der Waals surface area contributed by atoms with Crippen LogP contribution in [-0.2, 0) is 16.9 Å². The summed E-state index contributed by atoms with van der Waals surface area (Å²) in [6, 6.07) is 12.0. The predicted octanol–water partition coefficient (Wildman–Crippen LogP) is 2.70. The maximum atomic E-state index is 12.7. The zero-order valence-corrected chi connectivity index (χ0v) is 12.7. The third-order valence-corrected chi connectivity index (χ3v) is 4.11. The van der Waals surface area contributed by atoms with Gasteiger partial charge in [0.2, 0.25) is 0 Å². The van der Waals surface area contributed by atoms with E-state index in [9.17, 15) is 9.59 Å². The van der Waals surface area contributed by atoms with Crippen molar-refractivity contribution in [3.05, 3.63) is 64.9 Å². The second-order valence-electron chi connectivity index (χ2n) is 5.25. The molecule has 1 fully saturated rings. The molecule has 6 heteroatoms. The molecule has 5 nitrogen and oxygen atoms in total. The highest BCUT2D eigenvalue weighted by Gasteiger charge is 2.49. The van der Waals surface area contributed by atoms with Gasteiger partial charge in [0, 0.05) is 11.2 Å². The first-order valence-corrected chi connectivity index (χ1v) is 7.19. The Morgan fingerprint density at radius 1 is 1.18 bits per heavy atom. The number of nitrogens with zero attached hydrogens (tertiary/aromatic N) is 2. The topological polar surface area (TPSA) is 62.3 Å². The van der Waals surface area contributed by atoms with Gasteiger partial charge in [0.1, 0.15) is 0 Å².